The third-order valence-corrected chi connectivity index (χ3v) is 6.35. The summed E-state index contributed by atoms with van der Waals surface area (Å²) in [6.45, 7) is 0.789. The molecule has 1 aliphatic carbocycles. The summed E-state index contributed by atoms with van der Waals surface area (Å²) in [5.41, 5.74) is 2.29. The van der Waals surface area contributed by atoms with E-state index in [-0.39, 0.29) is 16.8 Å². The van der Waals surface area contributed by atoms with Gasteiger partial charge in [0, 0.05) is 49.5 Å². The van der Waals surface area contributed by atoms with Crippen molar-refractivity contribution in [1.29, 1.82) is 0 Å². The van der Waals surface area contributed by atoms with Crippen LogP contribution in [0.1, 0.15) is 34.3 Å². The van der Waals surface area contributed by atoms with Crippen LogP contribution in [0.2, 0.25) is 0 Å². The molecule has 1 aliphatic rings. The van der Waals surface area contributed by atoms with Gasteiger partial charge in [-0.3, -0.25) is 14.8 Å². The third kappa shape index (κ3) is 5.08. The maximum Gasteiger partial charge on any atom is 0.254 e. The summed E-state index contributed by atoms with van der Waals surface area (Å²) in [6.07, 6.45) is 8.53. The van der Waals surface area contributed by atoms with Gasteiger partial charge in [-0.25, -0.2) is 13.1 Å². The van der Waals surface area contributed by atoms with Crippen LogP contribution in [0.15, 0.2) is 78.2 Å². The molecule has 3 aromatic rings. The van der Waals surface area contributed by atoms with E-state index in [1.165, 1.54) is 12.1 Å². The molecule has 1 aromatic carbocycles. The van der Waals surface area contributed by atoms with E-state index in [9.17, 15) is 13.2 Å². The molecule has 0 aliphatic heterocycles. The van der Waals surface area contributed by atoms with Crippen LogP contribution >= 0.6 is 0 Å². The Morgan fingerprint density at radius 3 is 2.27 bits per heavy atom. The molecular weight excluding hydrogens is 400 g/mol. The molecule has 30 heavy (non-hydrogen) atoms. The largest absolute Gasteiger partial charge is 0.330 e. The second kappa shape index (κ2) is 8.73. The summed E-state index contributed by atoms with van der Waals surface area (Å²) in [5.74, 6) is -0.185. The average Bonchev–Trinajstić information content (AvgIpc) is 3.58. The number of amides is 1. The van der Waals surface area contributed by atoms with Gasteiger partial charge in [-0.1, -0.05) is 6.07 Å². The molecule has 1 N–H and O–H groups in total. The van der Waals surface area contributed by atoms with Gasteiger partial charge in [0.05, 0.1) is 4.90 Å². The number of rotatable bonds is 8. The highest BCUT2D eigenvalue weighted by atomic mass is 32.2. The Labute approximate surface area is 175 Å². The average molecular weight is 423 g/mol. The Morgan fingerprint density at radius 1 is 0.933 bits per heavy atom. The van der Waals surface area contributed by atoms with Crippen LogP contribution in [0.5, 0.6) is 0 Å². The second-order valence-corrected chi connectivity index (χ2v) is 9.01. The molecule has 154 valence electrons. The van der Waals surface area contributed by atoms with Crippen molar-refractivity contribution in [3.05, 3.63) is 90.0 Å². The molecule has 2 aromatic heterocycles. The van der Waals surface area contributed by atoms with Crippen LogP contribution < -0.4 is 4.72 Å². The van der Waals surface area contributed by atoms with Gasteiger partial charge in [-0.05, 0) is 66.4 Å². The lowest BCUT2D eigenvalue weighted by Gasteiger charge is -2.23. The predicted molar refractivity (Wildman–Crippen MR) is 112 cm³/mol. The third-order valence-electron chi connectivity index (χ3n) is 4.82. The zero-order valence-corrected chi connectivity index (χ0v) is 17.1. The van der Waals surface area contributed by atoms with Gasteiger partial charge in [0.1, 0.15) is 0 Å². The molecule has 4 rings (SSSR count). The van der Waals surface area contributed by atoms with Crippen LogP contribution in [0, 0.1) is 0 Å². The van der Waals surface area contributed by atoms with Gasteiger partial charge in [0.2, 0.25) is 10.0 Å². The number of hydrogen-bond donors (Lipinski definition) is 1. The van der Waals surface area contributed by atoms with E-state index < -0.39 is 10.0 Å². The number of carbonyl (C=O) groups is 1. The number of aromatic nitrogens is 2. The highest BCUT2D eigenvalue weighted by Gasteiger charge is 2.28. The van der Waals surface area contributed by atoms with Crippen LogP contribution in [-0.4, -0.2) is 35.2 Å². The number of hydrogen-bond acceptors (Lipinski definition) is 5. The molecule has 0 atom stereocenters. The van der Waals surface area contributed by atoms with Gasteiger partial charge in [-0.15, -0.1) is 0 Å². The van der Waals surface area contributed by atoms with Crippen LogP contribution in [-0.2, 0) is 23.1 Å². The lowest BCUT2D eigenvalue weighted by molar-refractivity contribution is 0.0729. The molecule has 1 saturated carbocycles. The molecule has 1 amide bonds. The number of nitrogens with one attached hydrogen (secondary N) is 1. The molecule has 8 heteroatoms. The first-order valence-corrected chi connectivity index (χ1v) is 11.2. The minimum absolute atomic E-state index is 0.0339. The van der Waals surface area contributed by atoms with Crippen molar-refractivity contribution in [2.45, 2.75) is 36.9 Å². The van der Waals surface area contributed by atoms with Gasteiger partial charge < -0.3 is 4.90 Å². The van der Waals surface area contributed by atoms with E-state index >= 15 is 0 Å². The van der Waals surface area contributed by atoms with E-state index in [2.05, 4.69) is 14.7 Å². The van der Waals surface area contributed by atoms with E-state index in [0.29, 0.717) is 18.7 Å². The van der Waals surface area contributed by atoms with Crippen LogP contribution in [0.3, 0.4) is 0 Å². The van der Waals surface area contributed by atoms with Crippen molar-refractivity contribution < 1.29 is 13.2 Å². The summed E-state index contributed by atoms with van der Waals surface area (Å²) in [6, 6.07) is 13.6. The van der Waals surface area contributed by atoms with Crippen molar-refractivity contribution in [3.8, 4) is 0 Å². The predicted octanol–water partition coefficient (Wildman–Crippen LogP) is 2.76. The summed E-state index contributed by atoms with van der Waals surface area (Å²) < 4.78 is 27.4. The summed E-state index contributed by atoms with van der Waals surface area (Å²) >= 11 is 0. The van der Waals surface area contributed by atoms with Crippen LogP contribution in [0.4, 0.5) is 0 Å². The summed E-state index contributed by atoms with van der Waals surface area (Å²) in [4.78, 5) is 23.2. The Morgan fingerprint density at radius 2 is 1.63 bits per heavy atom. The SMILES string of the molecule is O=C(c1ccc(S(=O)(=O)NC2CC2)cc1)N(Cc1ccncc1)Cc1cccnc1. The van der Waals surface area contributed by atoms with Gasteiger partial charge in [-0.2, -0.15) is 0 Å². The fourth-order valence-corrected chi connectivity index (χ4v) is 4.37. The topological polar surface area (TPSA) is 92.3 Å². The lowest BCUT2D eigenvalue weighted by atomic mass is 10.1. The molecule has 2 heterocycles. The standard InChI is InChI=1S/C22H22N4O3S/c27-22(19-3-7-21(8-4-19)30(28,29)25-20-5-6-20)26(15-17-9-12-23-13-10-17)16-18-2-1-11-24-14-18/h1-4,7-14,20,25H,5-6,15-16H2. The lowest BCUT2D eigenvalue weighted by Crippen LogP contribution is -2.30. The zero-order valence-electron chi connectivity index (χ0n) is 16.3. The first-order valence-electron chi connectivity index (χ1n) is 9.71. The minimum atomic E-state index is -3.55. The number of nitrogens with zero attached hydrogens (tertiary/aromatic N) is 3. The van der Waals surface area contributed by atoms with Crippen molar-refractivity contribution in [2.24, 2.45) is 0 Å². The summed E-state index contributed by atoms with van der Waals surface area (Å²) in [7, 11) is -3.55. The van der Waals surface area contributed by atoms with Gasteiger partial charge in [0.15, 0.2) is 0 Å². The number of sulfonamides is 1. The molecule has 0 bridgehead atoms. The zero-order chi connectivity index (χ0) is 21.0. The first kappa shape index (κ1) is 20.2. The number of benzene rings is 1. The quantitative estimate of drug-likeness (QED) is 0.603. The molecule has 0 unspecified atom stereocenters. The normalized spacial score (nSPS) is 13.7. The number of pyridine rings is 2. The fraction of sp³-hybridized carbons (Fsp3) is 0.227. The molecule has 0 radical (unpaired) electrons. The van der Waals surface area contributed by atoms with Crippen molar-refractivity contribution in [2.75, 3.05) is 0 Å². The van der Waals surface area contributed by atoms with E-state index in [4.69, 9.17) is 0 Å². The van der Waals surface area contributed by atoms with Gasteiger partial charge >= 0.3 is 0 Å². The highest BCUT2D eigenvalue weighted by Crippen LogP contribution is 2.22. The Bertz CT molecular complexity index is 1060. The Kier molecular flexibility index (Phi) is 5.87. The highest BCUT2D eigenvalue weighted by molar-refractivity contribution is 7.89. The number of carbonyl (C=O) groups excluding carboxylic acids is 1. The molecule has 1 fully saturated rings. The minimum Gasteiger partial charge on any atom is -0.330 e. The maximum absolute atomic E-state index is 13.2. The van der Waals surface area contributed by atoms with E-state index in [1.54, 1.807) is 41.8 Å². The molecule has 7 nitrogen and oxygen atoms in total. The van der Waals surface area contributed by atoms with Crippen LogP contribution in [0.25, 0.3) is 0 Å². The van der Waals surface area contributed by atoms with Crippen molar-refractivity contribution in [3.63, 3.8) is 0 Å². The fourth-order valence-electron chi connectivity index (χ4n) is 3.07. The Balaban J connectivity index is 1.55. The van der Waals surface area contributed by atoms with E-state index in [1.807, 2.05) is 24.3 Å². The van der Waals surface area contributed by atoms with Crippen molar-refractivity contribution in [1.82, 2.24) is 19.6 Å². The van der Waals surface area contributed by atoms with Crippen molar-refractivity contribution >= 4 is 15.9 Å². The monoisotopic (exact) mass is 422 g/mol. The molecule has 0 spiro atoms. The summed E-state index contributed by atoms with van der Waals surface area (Å²) in [5, 5.41) is 0. The maximum atomic E-state index is 13.2. The Hall–Kier alpha value is -3.10. The second-order valence-electron chi connectivity index (χ2n) is 7.30. The van der Waals surface area contributed by atoms with Gasteiger partial charge in [0.25, 0.3) is 5.91 Å². The molecular formula is C22H22N4O3S. The van der Waals surface area contributed by atoms with E-state index in [0.717, 1.165) is 24.0 Å². The first-order chi connectivity index (χ1) is 14.5. The molecule has 0 saturated heterocycles. The smallest absolute Gasteiger partial charge is 0.254 e.